The van der Waals surface area contributed by atoms with Crippen molar-refractivity contribution in [2.45, 2.75) is 32.1 Å². The molecule has 1 saturated carbocycles. The highest BCUT2D eigenvalue weighted by Gasteiger charge is 2.24. The molecule has 18 heavy (non-hydrogen) atoms. The molecule has 1 aromatic rings. The molecule has 1 aliphatic carbocycles. The Morgan fingerprint density at radius 1 is 1.39 bits per heavy atom. The van der Waals surface area contributed by atoms with E-state index in [0.29, 0.717) is 12.3 Å². The largest absolute Gasteiger partial charge is 0.385 e. The molecule has 0 atom stereocenters. The second-order valence-corrected chi connectivity index (χ2v) is 5.10. The molecular formula is C14H19ClN2O. The molecule has 1 fully saturated rings. The van der Waals surface area contributed by atoms with Gasteiger partial charge in [0.15, 0.2) is 0 Å². The fourth-order valence-electron chi connectivity index (χ4n) is 2.35. The van der Waals surface area contributed by atoms with E-state index in [4.69, 9.17) is 0 Å². The third-order valence-corrected chi connectivity index (χ3v) is 3.50. The van der Waals surface area contributed by atoms with Crippen LogP contribution in [-0.2, 0) is 11.2 Å². The van der Waals surface area contributed by atoms with Crippen LogP contribution in [0.25, 0.3) is 0 Å². The lowest BCUT2D eigenvalue weighted by molar-refractivity contribution is -0.116. The fourth-order valence-corrected chi connectivity index (χ4v) is 2.35. The predicted molar refractivity (Wildman–Crippen MR) is 76.5 cm³/mol. The summed E-state index contributed by atoms with van der Waals surface area (Å²) in [7, 11) is 0. The minimum Gasteiger partial charge on any atom is -0.385 e. The number of halogens is 1. The van der Waals surface area contributed by atoms with Crippen LogP contribution in [0.4, 0.5) is 11.4 Å². The summed E-state index contributed by atoms with van der Waals surface area (Å²) in [4.78, 5) is 11.7. The molecule has 1 aliphatic heterocycles. The van der Waals surface area contributed by atoms with E-state index in [-0.39, 0.29) is 18.3 Å². The number of benzene rings is 1. The third kappa shape index (κ3) is 3.16. The van der Waals surface area contributed by atoms with Crippen molar-refractivity contribution in [3.63, 3.8) is 0 Å². The molecule has 1 heterocycles. The van der Waals surface area contributed by atoms with Crippen LogP contribution in [0.5, 0.6) is 0 Å². The van der Waals surface area contributed by atoms with Gasteiger partial charge in [-0.1, -0.05) is 0 Å². The zero-order valence-corrected chi connectivity index (χ0v) is 11.2. The minimum absolute atomic E-state index is 0. The summed E-state index contributed by atoms with van der Waals surface area (Å²) in [6, 6.07) is 6.16. The molecule has 0 spiro atoms. The first kappa shape index (κ1) is 13.2. The number of carbonyl (C=O) groups is 1. The topological polar surface area (TPSA) is 41.1 Å². The van der Waals surface area contributed by atoms with E-state index in [9.17, 15) is 4.79 Å². The standard InChI is InChI=1S/C14H18N2O.ClH/c17-14(8-10-3-4-10)16-12-5-6-13-11(9-12)2-1-7-15-13;/h5-6,9-10,15H,1-4,7-8H2,(H,16,17);1H. The lowest BCUT2D eigenvalue weighted by Gasteiger charge is -2.18. The highest BCUT2D eigenvalue weighted by molar-refractivity contribution is 5.91. The van der Waals surface area contributed by atoms with Gasteiger partial charge in [0.05, 0.1) is 0 Å². The van der Waals surface area contributed by atoms with Gasteiger partial charge in [-0.25, -0.2) is 0 Å². The van der Waals surface area contributed by atoms with Gasteiger partial charge >= 0.3 is 0 Å². The lowest BCUT2D eigenvalue weighted by Crippen LogP contribution is -2.14. The number of rotatable bonds is 3. The monoisotopic (exact) mass is 266 g/mol. The van der Waals surface area contributed by atoms with E-state index in [2.05, 4.69) is 22.8 Å². The van der Waals surface area contributed by atoms with Crippen LogP contribution >= 0.6 is 12.4 Å². The zero-order chi connectivity index (χ0) is 11.7. The number of fused-ring (bicyclic) bond motifs is 1. The van der Waals surface area contributed by atoms with E-state index < -0.39 is 0 Å². The number of carbonyl (C=O) groups excluding carboxylic acids is 1. The summed E-state index contributed by atoms with van der Waals surface area (Å²) in [6.45, 7) is 1.06. The van der Waals surface area contributed by atoms with Gasteiger partial charge in [-0.2, -0.15) is 0 Å². The SMILES string of the molecule is Cl.O=C(CC1CC1)Nc1ccc2c(c1)CCCN2. The predicted octanol–water partition coefficient (Wildman–Crippen LogP) is 3.21. The Morgan fingerprint density at radius 3 is 3.00 bits per heavy atom. The highest BCUT2D eigenvalue weighted by Crippen LogP contribution is 2.32. The van der Waals surface area contributed by atoms with Gasteiger partial charge in [0.25, 0.3) is 0 Å². The third-order valence-electron chi connectivity index (χ3n) is 3.50. The summed E-state index contributed by atoms with van der Waals surface area (Å²) in [6.07, 6.45) is 5.42. The molecule has 1 aromatic carbocycles. The Kier molecular flexibility index (Phi) is 4.12. The number of nitrogens with one attached hydrogen (secondary N) is 2. The van der Waals surface area contributed by atoms with Crippen LogP contribution in [0, 0.1) is 5.92 Å². The molecule has 3 rings (SSSR count). The summed E-state index contributed by atoms with van der Waals surface area (Å²) in [5, 5.41) is 6.37. The first-order valence-corrected chi connectivity index (χ1v) is 6.48. The first-order valence-electron chi connectivity index (χ1n) is 6.48. The smallest absolute Gasteiger partial charge is 0.224 e. The van der Waals surface area contributed by atoms with Crippen molar-refractivity contribution >= 4 is 29.7 Å². The molecule has 0 saturated heterocycles. The summed E-state index contributed by atoms with van der Waals surface area (Å²) in [5.41, 5.74) is 3.48. The van der Waals surface area contributed by atoms with Gasteiger partial charge in [-0.15, -0.1) is 12.4 Å². The molecule has 0 unspecified atom stereocenters. The maximum absolute atomic E-state index is 11.7. The average Bonchev–Trinajstić information content (AvgIpc) is 3.12. The van der Waals surface area contributed by atoms with Crippen molar-refractivity contribution in [2.75, 3.05) is 17.2 Å². The summed E-state index contributed by atoms with van der Waals surface area (Å²) >= 11 is 0. The molecule has 0 radical (unpaired) electrons. The van der Waals surface area contributed by atoms with Crippen LogP contribution in [-0.4, -0.2) is 12.5 Å². The minimum atomic E-state index is 0. The quantitative estimate of drug-likeness (QED) is 0.882. The van der Waals surface area contributed by atoms with Gasteiger partial charge in [0.1, 0.15) is 0 Å². The Hall–Kier alpha value is -1.22. The van der Waals surface area contributed by atoms with Gasteiger partial charge in [-0.3, -0.25) is 4.79 Å². The first-order chi connectivity index (χ1) is 8.31. The fraction of sp³-hybridized carbons (Fsp3) is 0.500. The normalized spacial score (nSPS) is 17.1. The number of amides is 1. The summed E-state index contributed by atoms with van der Waals surface area (Å²) < 4.78 is 0. The van der Waals surface area contributed by atoms with Gasteiger partial charge < -0.3 is 10.6 Å². The number of hydrogen-bond donors (Lipinski definition) is 2. The van der Waals surface area contributed by atoms with Crippen LogP contribution < -0.4 is 10.6 Å². The van der Waals surface area contributed by atoms with E-state index in [0.717, 1.165) is 18.7 Å². The van der Waals surface area contributed by atoms with E-state index >= 15 is 0 Å². The van der Waals surface area contributed by atoms with Crippen LogP contribution in [0.15, 0.2) is 18.2 Å². The van der Waals surface area contributed by atoms with Crippen molar-refractivity contribution in [3.05, 3.63) is 23.8 Å². The van der Waals surface area contributed by atoms with Gasteiger partial charge in [-0.05, 0) is 55.4 Å². The van der Waals surface area contributed by atoms with Crippen molar-refractivity contribution in [3.8, 4) is 0 Å². The maximum atomic E-state index is 11.7. The Balaban J connectivity index is 0.00000120. The molecule has 98 valence electrons. The Labute approximate surface area is 114 Å². The Bertz CT molecular complexity index is 443. The Morgan fingerprint density at radius 2 is 2.22 bits per heavy atom. The number of anilines is 2. The lowest BCUT2D eigenvalue weighted by atomic mass is 10.0. The van der Waals surface area contributed by atoms with E-state index in [1.54, 1.807) is 0 Å². The van der Waals surface area contributed by atoms with Crippen LogP contribution in [0.2, 0.25) is 0 Å². The van der Waals surface area contributed by atoms with E-state index in [1.807, 2.05) is 6.07 Å². The molecule has 4 heteroatoms. The zero-order valence-electron chi connectivity index (χ0n) is 10.4. The molecule has 2 N–H and O–H groups in total. The van der Waals surface area contributed by atoms with E-state index in [1.165, 1.54) is 30.5 Å². The van der Waals surface area contributed by atoms with Gasteiger partial charge in [0.2, 0.25) is 5.91 Å². The van der Waals surface area contributed by atoms with Crippen molar-refractivity contribution in [1.29, 1.82) is 0 Å². The highest BCUT2D eigenvalue weighted by atomic mass is 35.5. The second kappa shape index (κ2) is 5.61. The molecule has 0 aromatic heterocycles. The van der Waals surface area contributed by atoms with Crippen LogP contribution in [0.1, 0.15) is 31.2 Å². The molecule has 0 bridgehead atoms. The van der Waals surface area contributed by atoms with Crippen molar-refractivity contribution in [2.24, 2.45) is 5.92 Å². The maximum Gasteiger partial charge on any atom is 0.224 e. The molecule has 2 aliphatic rings. The summed E-state index contributed by atoms with van der Waals surface area (Å²) in [5.74, 6) is 0.811. The second-order valence-electron chi connectivity index (χ2n) is 5.10. The average molecular weight is 267 g/mol. The number of aryl methyl sites for hydroxylation is 1. The van der Waals surface area contributed by atoms with Crippen molar-refractivity contribution < 1.29 is 4.79 Å². The van der Waals surface area contributed by atoms with Crippen LogP contribution in [0.3, 0.4) is 0 Å². The van der Waals surface area contributed by atoms with Crippen molar-refractivity contribution in [1.82, 2.24) is 0 Å². The molecule has 1 amide bonds. The van der Waals surface area contributed by atoms with Gasteiger partial charge in [0, 0.05) is 24.3 Å². The number of hydrogen-bond acceptors (Lipinski definition) is 2. The molecule has 3 nitrogen and oxygen atoms in total. The molecular weight excluding hydrogens is 248 g/mol.